The molecule has 1 atom stereocenters. The molecule has 2 heteroatoms. The van der Waals surface area contributed by atoms with Crippen molar-refractivity contribution >= 4 is 6.21 Å². The predicted octanol–water partition coefficient (Wildman–Crippen LogP) is 3.59. The van der Waals surface area contributed by atoms with Crippen molar-refractivity contribution < 1.29 is 0 Å². The third-order valence-electron chi connectivity index (χ3n) is 4.03. The lowest BCUT2D eigenvalue weighted by atomic mass is 9.93. The number of aliphatic imine (C=N–C) groups is 1. The van der Waals surface area contributed by atoms with E-state index in [-0.39, 0.29) is 0 Å². The van der Waals surface area contributed by atoms with Gasteiger partial charge in [-0.15, -0.1) is 0 Å². The van der Waals surface area contributed by atoms with Crippen LogP contribution in [0.5, 0.6) is 0 Å². The molecule has 16 heavy (non-hydrogen) atoms. The number of hydrogen-bond donors (Lipinski definition) is 0. The fraction of sp³-hybridized carbons (Fsp3) is 0.786. The lowest BCUT2D eigenvalue weighted by Crippen LogP contribution is -2.35. The van der Waals surface area contributed by atoms with Crippen molar-refractivity contribution in [2.75, 3.05) is 6.67 Å². The van der Waals surface area contributed by atoms with Gasteiger partial charge in [0.15, 0.2) is 0 Å². The molecule has 1 aliphatic carbocycles. The van der Waals surface area contributed by atoms with Crippen LogP contribution < -0.4 is 0 Å². The number of nitrogens with zero attached hydrogens (tertiary/aromatic N) is 2. The Morgan fingerprint density at radius 1 is 1.38 bits per heavy atom. The minimum atomic E-state index is 0.648. The van der Waals surface area contributed by atoms with Crippen LogP contribution in [0.3, 0.4) is 0 Å². The summed E-state index contributed by atoms with van der Waals surface area (Å²) in [5, 5.41) is 0. The lowest BCUT2D eigenvalue weighted by Gasteiger charge is -2.34. The second kappa shape index (κ2) is 5.51. The third kappa shape index (κ3) is 2.66. The highest BCUT2D eigenvalue weighted by atomic mass is 15.2. The van der Waals surface area contributed by atoms with Gasteiger partial charge in [-0.1, -0.05) is 33.1 Å². The van der Waals surface area contributed by atoms with Crippen LogP contribution in [0.2, 0.25) is 0 Å². The van der Waals surface area contributed by atoms with E-state index in [0.29, 0.717) is 5.92 Å². The number of hydrogen-bond acceptors (Lipinski definition) is 2. The monoisotopic (exact) mass is 220 g/mol. The van der Waals surface area contributed by atoms with Gasteiger partial charge in [-0.05, 0) is 30.8 Å². The first kappa shape index (κ1) is 11.7. The smallest absolute Gasteiger partial charge is 0.110 e. The molecule has 0 bridgehead atoms. The van der Waals surface area contributed by atoms with Crippen molar-refractivity contribution in [1.82, 2.24) is 4.90 Å². The highest BCUT2D eigenvalue weighted by Gasteiger charge is 2.21. The van der Waals surface area contributed by atoms with Gasteiger partial charge in [-0.25, -0.2) is 0 Å². The summed E-state index contributed by atoms with van der Waals surface area (Å²) in [5.41, 5.74) is 1.42. The largest absolute Gasteiger partial charge is 0.355 e. The van der Waals surface area contributed by atoms with Crippen LogP contribution in [0.15, 0.2) is 16.8 Å². The predicted molar refractivity (Wildman–Crippen MR) is 69.6 cm³/mol. The molecular formula is C14H24N2. The zero-order chi connectivity index (χ0) is 11.4. The minimum Gasteiger partial charge on any atom is -0.355 e. The van der Waals surface area contributed by atoms with E-state index >= 15 is 0 Å². The fourth-order valence-electron chi connectivity index (χ4n) is 2.63. The minimum absolute atomic E-state index is 0.648. The molecule has 1 aliphatic heterocycles. The standard InChI is InChI=1S/C14H24N2/c1-3-12(2)13-9-15-11-16(10-13)14-7-5-4-6-8-14/h9-10,12,14H,3-8,11H2,1-2H3. The normalized spacial score (nSPS) is 24.4. The van der Waals surface area contributed by atoms with Crippen molar-refractivity contribution in [2.24, 2.45) is 10.9 Å². The molecule has 0 spiro atoms. The van der Waals surface area contributed by atoms with Crippen molar-refractivity contribution in [3.8, 4) is 0 Å². The quantitative estimate of drug-likeness (QED) is 0.709. The SMILES string of the molecule is CCC(C)C1=CN(C2CCCCC2)CN=C1. The van der Waals surface area contributed by atoms with Crippen LogP contribution in [-0.2, 0) is 0 Å². The average Bonchev–Trinajstić information content (AvgIpc) is 2.39. The second-order valence-corrected chi connectivity index (χ2v) is 5.20. The molecule has 0 radical (unpaired) electrons. The van der Waals surface area contributed by atoms with Crippen molar-refractivity contribution in [1.29, 1.82) is 0 Å². The summed E-state index contributed by atoms with van der Waals surface area (Å²) in [4.78, 5) is 6.99. The van der Waals surface area contributed by atoms with E-state index in [9.17, 15) is 0 Å². The summed E-state index contributed by atoms with van der Waals surface area (Å²) in [6.07, 6.45) is 12.6. The van der Waals surface area contributed by atoms with Gasteiger partial charge in [0.05, 0.1) is 0 Å². The molecule has 0 saturated heterocycles. The lowest BCUT2D eigenvalue weighted by molar-refractivity contribution is 0.219. The Kier molecular flexibility index (Phi) is 4.03. The van der Waals surface area contributed by atoms with Crippen molar-refractivity contribution in [3.63, 3.8) is 0 Å². The van der Waals surface area contributed by atoms with Gasteiger partial charge < -0.3 is 4.90 Å². The molecule has 0 aromatic carbocycles. The van der Waals surface area contributed by atoms with Gasteiger partial charge in [0.25, 0.3) is 0 Å². The molecule has 1 saturated carbocycles. The molecule has 0 aromatic heterocycles. The van der Waals surface area contributed by atoms with Crippen LogP contribution in [-0.4, -0.2) is 23.8 Å². The van der Waals surface area contributed by atoms with E-state index in [4.69, 9.17) is 0 Å². The topological polar surface area (TPSA) is 15.6 Å². The molecule has 90 valence electrons. The number of rotatable bonds is 3. The highest BCUT2D eigenvalue weighted by molar-refractivity contribution is 5.79. The molecule has 2 nitrogen and oxygen atoms in total. The molecule has 1 unspecified atom stereocenters. The number of allylic oxidation sites excluding steroid dienone is 1. The highest BCUT2D eigenvalue weighted by Crippen LogP contribution is 2.25. The van der Waals surface area contributed by atoms with E-state index in [1.54, 1.807) is 0 Å². The first-order valence-electron chi connectivity index (χ1n) is 6.78. The Balaban J connectivity index is 2.00. The summed E-state index contributed by atoms with van der Waals surface area (Å²) < 4.78 is 0. The molecule has 1 fully saturated rings. The molecule has 1 heterocycles. The third-order valence-corrected chi connectivity index (χ3v) is 4.03. The van der Waals surface area contributed by atoms with Crippen LogP contribution in [0.1, 0.15) is 52.4 Å². The average molecular weight is 220 g/mol. The Labute approximate surface area is 99.4 Å². The Bertz CT molecular complexity index is 274. The fourth-order valence-corrected chi connectivity index (χ4v) is 2.63. The second-order valence-electron chi connectivity index (χ2n) is 5.20. The molecule has 0 N–H and O–H groups in total. The van der Waals surface area contributed by atoms with Gasteiger partial charge in [-0.2, -0.15) is 0 Å². The first-order valence-corrected chi connectivity index (χ1v) is 6.78. The van der Waals surface area contributed by atoms with E-state index in [1.807, 2.05) is 0 Å². The zero-order valence-corrected chi connectivity index (χ0v) is 10.7. The van der Waals surface area contributed by atoms with Gasteiger partial charge >= 0.3 is 0 Å². The van der Waals surface area contributed by atoms with E-state index in [1.165, 1.54) is 44.1 Å². The summed E-state index contributed by atoms with van der Waals surface area (Å²) in [5.74, 6) is 0.648. The maximum absolute atomic E-state index is 4.52. The van der Waals surface area contributed by atoms with Crippen LogP contribution in [0.4, 0.5) is 0 Å². The van der Waals surface area contributed by atoms with E-state index in [2.05, 4.69) is 36.2 Å². The van der Waals surface area contributed by atoms with Gasteiger partial charge in [-0.3, -0.25) is 4.99 Å². The Morgan fingerprint density at radius 2 is 2.12 bits per heavy atom. The maximum atomic E-state index is 4.52. The van der Waals surface area contributed by atoms with Crippen molar-refractivity contribution in [2.45, 2.75) is 58.4 Å². The summed E-state index contributed by atoms with van der Waals surface area (Å²) >= 11 is 0. The first-order chi connectivity index (χ1) is 7.81. The van der Waals surface area contributed by atoms with Gasteiger partial charge in [0.2, 0.25) is 0 Å². The molecule has 0 amide bonds. The maximum Gasteiger partial charge on any atom is 0.110 e. The Morgan fingerprint density at radius 3 is 2.81 bits per heavy atom. The molecule has 0 aromatic rings. The summed E-state index contributed by atoms with van der Waals surface area (Å²) in [7, 11) is 0. The molecular weight excluding hydrogens is 196 g/mol. The van der Waals surface area contributed by atoms with Crippen molar-refractivity contribution in [3.05, 3.63) is 11.8 Å². The molecule has 2 rings (SSSR count). The summed E-state index contributed by atoms with van der Waals surface area (Å²) in [6.45, 7) is 5.42. The van der Waals surface area contributed by atoms with Gasteiger partial charge in [0, 0.05) is 18.5 Å². The van der Waals surface area contributed by atoms with Crippen LogP contribution >= 0.6 is 0 Å². The summed E-state index contributed by atoms with van der Waals surface area (Å²) in [6, 6.07) is 0.755. The zero-order valence-electron chi connectivity index (χ0n) is 10.7. The van der Waals surface area contributed by atoms with E-state index in [0.717, 1.165) is 12.7 Å². The van der Waals surface area contributed by atoms with Crippen LogP contribution in [0, 0.1) is 5.92 Å². The van der Waals surface area contributed by atoms with E-state index < -0.39 is 0 Å². The Hall–Kier alpha value is -0.790. The molecule has 2 aliphatic rings. The van der Waals surface area contributed by atoms with Crippen LogP contribution in [0.25, 0.3) is 0 Å². The van der Waals surface area contributed by atoms with Gasteiger partial charge in [0.1, 0.15) is 6.67 Å².